The minimum atomic E-state index is 0.571. The molecule has 102 valence electrons. The lowest BCUT2D eigenvalue weighted by Crippen LogP contribution is -2.20. The van der Waals surface area contributed by atoms with Crippen LogP contribution < -0.4 is 10.1 Å². The van der Waals surface area contributed by atoms with Gasteiger partial charge in [-0.1, -0.05) is 32.0 Å². The number of rotatable bonds is 7. The van der Waals surface area contributed by atoms with Gasteiger partial charge in [-0.3, -0.25) is 0 Å². The molecule has 0 amide bonds. The minimum absolute atomic E-state index is 0.571. The second-order valence-corrected chi connectivity index (χ2v) is 5.86. The summed E-state index contributed by atoms with van der Waals surface area (Å²) in [6.45, 7) is 6.89. The zero-order valence-corrected chi connectivity index (χ0v) is 12.4. The summed E-state index contributed by atoms with van der Waals surface area (Å²) in [5.41, 5.74) is 1.35. The van der Waals surface area contributed by atoms with E-state index in [0.717, 1.165) is 18.8 Å². The second kappa shape index (κ2) is 7.31. The fourth-order valence-electron chi connectivity index (χ4n) is 1.81. The van der Waals surface area contributed by atoms with Crippen molar-refractivity contribution in [2.75, 3.05) is 13.2 Å². The van der Waals surface area contributed by atoms with Crippen LogP contribution in [0.4, 0.5) is 0 Å². The Bertz CT molecular complexity index is 462. The molecule has 0 spiro atoms. The maximum Gasteiger partial charge on any atom is 0.119 e. The van der Waals surface area contributed by atoms with E-state index in [0.29, 0.717) is 12.5 Å². The normalized spacial score (nSPS) is 10.9. The summed E-state index contributed by atoms with van der Waals surface area (Å²) in [6, 6.07) is 12.6. The van der Waals surface area contributed by atoms with Crippen LogP contribution in [0.5, 0.6) is 5.75 Å². The number of ether oxygens (including phenoxy) is 1. The number of hydrogen-bond donors (Lipinski definition) is 1. The van der Waals surface area contributed by atoms with Gasteiger partial charge < -0.3 is 10.1 Å². The van der Waals surface area contributed by atoms with Crippen molar-refractivity contribution in [3.8, 4) is 5.75 Å². The molecule has 19 heavy (non-hydrogen) atoms. The Morgan fingerprint density at radius 3 is 2.58 bits per heavy atom. The van der Waals surface area contributed by atoms with Gasteiger partial charge in [0.2, 0.25) is 0 Å². The molecule has 0 fully saturated rings. The highest BCUT2D eigenvalue weighted by Gasteiger charge is 1.99. The van der Waals surface area contributed by atoms with E-state index in [1.54, 1.807) is 11.3 Å². The first-order chi connectivity index (χ1) is 9.25. The molecule has 0 saturated heterocycles. The van der Waals surface area contributed by atoms with Crippen LogP contribution in [-0.4, -0.2) is 13.2 Å². The van der Waals surface area contributed by atoms with Crippen molar-refractivity contribution < 1.29 is 4.74 Å². The van der Waals surface area contributed by atoms with Crippen LogP contribution in [0.2, 0.25) is 0 Å². The van der Waals surface area contributed by atoms with Crippen molar-refractivity contribution in [1.29, 1.82) is 0 Å². The predicted molar refractivity (Wildman–Crippen MR) is 82.1 cm³/mol. The monoisotopic (exact) mass is 275 g/mol. The minimum Gasteiger partial charge on any atom is -0.492 e. The summed E-state index contributed by atoms with van der Waals surface area (Å²) in [5.74, 6) is 1.52. The SMILES string of the molecule is CC(C)c1ccc(OCCNCc2cccs2)cc1. The van der Waals surface area contributed by atoms with E-state index in [-0.39, 0.29) is 0 Å². The van der Waals surface area contributed by atoms with Crippen molar-refractivity contribution >= 4 is 11.3 Å². The van der Waals surface area contributed by atoms with Crippen LogP contribution in [-0.2, 0) is 6.54 Å². The molecule has 0 aliphatic heterocycles. The molecule has 2 aromatic rings. The van der Waals surface area contributed by atoms with E-state index in [4.69, 9.17) is 4.74 Å². The van der Waals surface area contributed by atoms with Gasteiger partial charge in [-0.2, -0.15) is 0 Å². The van der Waals surface area contributed by atoms with Gasteiger partial charge in [0.1, 0.15) is 12.4 Å². The average molecular weight is 275 g/mol. The third-order valence-electron chi connectivity index (χ3n) is 2.97. The second-order valence-electron chi connectivity index (χ2n) is 4.83. The Kier molecular flexibility index (Phi) is 5.43. The molecular formula is C16H21NOS. The highest BCUT2D eigenvalue weighted by Crippen LogP contribution is 2.18. The Hall–Kier alpha value is -1.32. The first-order valence-electron chi connectivity index (χ1n) is 6.71. The van der Waals surface area contributed by atoms with E-state index < -0.39 is 0 Å². The Labute approximate surface area is 119 Å². The number of benzene rings is 1. The molecule has 1 aromatic heterocycles. The van der Waals surface area contributed by atoms with Gasteiger partial charge in [0.15, 0.2) is 0 Å². The number of nitrogens with one attached hydrogen (secondary N) is 1. The molecule has 2 nitrogen and oxygen atoms in total. The number of hydrogen-bond acceptors (Lipinski definition) is 3. The van der Waals surface area contributed by atoms with Gasteiger partial charge in [0.25, 0.3) is 0 Å². The van der Waals surface area contributed by atoms with E-state index >= 15 is 0 Å². The summed E-state index contributed by atoms with van der Waals surface area (Å²) < 4.78 is 5.70. The lowest BCUT2D eigenvalue weighted by Gasteiger charge is -2.09. The quantitative estimate of drug-likeness (QED) is 0.770. The molecule has 0 aliphatic rings. The molecule has 0 aliphatic carbocycles. The third-order valence-corrected chi connectivity index (χ3v) is 3.85. The molecule has 1 N–H and O–H groups in total. The number of thiophene rings is 1. The summed E-state index contributed by atoms with van der Waals surface area (Å²) in [7, 11) is 0. The van der Waals surface area contributed by atoms with Crippen molar-refractivity contribution in [3.63, 3.8) is 0 Å². The van der Waals surface area contributed by atoms with Gasteiger partial charge >= 0.3 is 0 Å². The molecule has 1 aromatic carbocycles. The molecule has 1 heterocycles. The van der Waals surface area contributed by atoms with Gasteiger partial charge in [-0.25, -0.2) is 0 Å². The van der Waals surface area contributed by atoms with Crippen molar-refractivity contribution in [3.05, 3.63) is 52.2 Å². The standard InChI is InChI=1S/C16H21NOS/c1-13(2)14-5-7-15(8-6-14)18-10-9-17-12-16-4-3-11-19-16/h3-8,11,13,17H,9-10,12H2,1-2H3. The van der Waals surface area contributed by atoms with Crippen molar-refractivity contribution in [2.24, 2.45) is 0 Å². The third kappa shape index (κ3) is 4.69. The van der Waals surface area contributed by atoms with E-state index in [1.807, 2.05) is 0 Å². The van der Waals surface area contributed by atoms with E-state index in [2.05, 4.69) is 60.9 Å². The van der Waals surface area contributed by atoms with Crippen LogP contribution in [0.15, 0.2) is 41.8 Å². The average Bonchev–Trinajstić information content (AvgIpc) is 2.92. The predicted octanol–water partition coefficient (Wildman–Crippen LogP) is 4.04. The first kappa shape index (κ1) is 14.1. The molecule has 0 saturated carbocycles. The van der Waals surface area contributed by atoms with Gasteiger partial charge in [-0.05, 0) is 35.1 Å². The van der Waals surface area contributed by atoms with E-state index in [9.17, 15) is 0 Å². The van der Waals surface area contributed by atoms with Gasteiger partial charge in [0, 0.05) is 18.0 Å². The molecular weight excluding hydrogens is 254 g/mol. The van der Waals surface area contributed by atoms with Crippen LogP contribution in [0.1, 0.15) is 30.2 Å². The zero-order chi connectivity index (χ0) is 13.5. The maximum atomic E-state index is 5.70. The first-order valence-corrected chi connectivity index (χ1v) is 7.59. The van der Waals surface area contributed by atoms with Crippen molar-refractivity contribution in [1.82, 2.24) is 5.32 Å². The maximum absolute atomic E-state index is 5.70. The molecule has 2 rings (SSSR count). The molecule has 0 radical (unpaired) electrons. The lowest BCUT2D eigenvalue weighted by atomic mass is 10.0. The molecule has 0 atom stereocenters. The smallest absolute Gasteiger partial charge is 0.119 e. The molecule has 0 unspecified atom stereocenters. The highest BCUT2D eigenvalue weighted by molar-refractivity contribution is 7.09. The van der Waals surface area contributed by atoms with Gasteiger partial charge in [-0.15, -0.1) is 11.3 Å². The largest absolute Gasteiger partial charge is 0.492 e. The topological polar surface area (TPSA) is 21.3 Å². The molecule has 3 heteroatoms. The Balaban J connectivity index is 1.65. The fourth-order valence-corrected chi connectivity index (χ4v) is 2.49. The van der Waals surface area contributed by atoms with Crippen LogP contribution in [0.25, 0.3) is 0 Å². The van der Waals surface area contributed by atoms with Crippen LogP contribution in [0, 0.1) is 0 Å². The van der Waals surface area contributed by atoms with E-state index in [1.165, 1.54) is 10.4 Å². The summed E-state index contributed by atoms with van der Waals surface area (Å²) in [4.78, 5) is 1.36. The zero-order valence-electron chi connectivity index (χ0n) is 11.6. The Morgan fingerprint density at radius 1 is 1.16 bits per heavy atom. The van der Waals surface area contributed by atoms with Crippen LogP contribution in [0.3, 0.4) is 0 Å². The summed E-state index contributed by atoms with van der Waals surface area (Å²) in [6.07, 6.45) is 0. The highest BCUT2D eigenvalue weighted by atomic mass is 32.1. The Morgan fingerprint density at radius 2 is 1.95 bits per heavy atom. The lowest BCUT2D eigenvalue weighted by molar-refractivity contribution is 0.314. The van der Waals surface area contributed by atoms with Gasteiger partial charge in [0.05, 0.1) is 0 Å². The van der Waals surface area contributed by atoms with Crippen LogP contribution >= 0.6 is 11.3 Å². The molecule has 0 bridgehead atoms. The summed E-state index contributed by atoms with van der Waals surface area (Å²) in [5, 5.41) is 5.47. The van der Waals surface area contributed by atoms with Crippen molar-refractivity contribution in [2.45, 2.75) is 26.3 Å². The fraction of sp³-hybridized carbons (Fsp3) is 0.375. The summed E-state index contributed by atoms with van der Waals surface area (Å²) >= 11 is 1.78.